The van der Waals surface area contributed by atoms with Gasteiger partial charge in [-0.1, -0.05) is 11.6 Å². The average Bonchev–Trinajstić information content (AvgIpc) is 2.64. The predicted octanol–water partition coefficient (Wildman–Crippen LogP) is 3.96. The van der Waals surface area contributed by atoms with Crippen LogP contribution < -0.4 is 5.32 Å². The number of rotatable bonds is 2. The standard InChI is InChI=1S/C14H13ClF3N3O/c1-7-12(8(2)21(3)20-7)13(22)19-9-4-5-11(15)10(6-9)14(16,17)18/h4-6H,1-3H3,(H,19,22). The first-order chi connectivity index (χ1) is 10.1. The minimum absolute atomic E-state index is 0.0179. The normalized spacial score (nSPS) is 11.6. The Morgan fingerprint density at radius 3 is 2.45 bits per heavy atom. The fraction of sp³-hybridized carbons (Fsp3) is 0.286. The molecular weight excluding hydrogens is 319 g/mol. The summed E-state index contributed by atoms with van der Waals surface area (Å²) in [6.45, 7) is 3.36. The van der Waals surface area contributed by atoms with Crippen LogP contribution in [0.1, 0.15) is 27.3 Å². The van der Waals surface area contributed by atoms with Crippen molar-refractivity contribution in [2.75, 3.05) is 5.32 Å². The van der Waals surface area contributed by atoms with Crippen molar-refractivity contribution in [3.63, 3.8) is 0 Å². The minimum Gasteiger partial charge on any atom is -0.322 e. The fourth-order valence-corrected chi connectivity index (χ4v) is 2.34. The number of aromatic nitrogens is 2. The Hall–Kier alpha value is -2.02. The van der Waals surface area contributed by atoms with Crippen LogP contribution in [0, 0.1) is 13.8 Å². The van der Waals surface area contributed by atoms with Gasteiger partial charge in [-0.25, -0.2) is 0 Å². The largest absolute Gasteiger partial charge is 0.417 e. The molecule has 1 amide bonds. The number of hydrogen-bond acceptors (Lipinski definition) is 2. The first kappa shape index (κ1) is 16.4. The molecule has 0 saturated carbocycles. The average molecular weight is 332 g/mol. The number of nitrogens with zero attached hydrogens (tertiary/aromatic N) is 2. The van der Waals surface area contributed by atoms with E-state index in [1.165, 1.54) is 10.7 Å². The maximum atomic E-state index is 12.8. The first-order valence-corrected chi connectivity index (χ1v) is 6.67. The maximum absolute atomic E-state index is 12.8. The van der Waals surface area contributed by atoms with Gasteiger partial charge in [0, 0.05) is 18.4 Å². The molecule has 4 nitrogen and oxygen atoms in total. The second-order valence-corrected chi connectivity index (χ2v) is 5.22. The summed E-state index contributed by atoms with van der Waals surface area (Å²) in [6, 6.07) is 3.22. The molecule has 8 heteroatoms. The van der Waals surface area contributed by atoms with Gasteiger partial charge in [0.25, 0.3) is 5.91 Å². The van der Waals surface area contributed by atoms with Crippen molar-refractivity contribution in [2.24, 2.45) is 7.05 Å². The third kappa shape index (κ3) is 3.09. The summed E-state index contributed by atoms with van der Waals surface area (Å²) in [5.41, 5.74) is 0.490. The summed E-state index contributed by atoms with van der Waals surface area (Å²) in [5, 5.41) is 6.12. The zero-order valence-corrected chi connectivity index (χ0v) is 12.8. The van der Waals surface area contributed by atoms with E-state index in [2.05, 4.69) is 10.4 Å². The number of anilines is 1. The first-order valence-electron chi connectivity index (χ1n) is 6.29. The number of alkyl halides is 3. The van der Waals surface area contributed by atoms with E-state index in [-0.39, 0.29) is 5.69 Å². The van der Waals surface area contributed by atoms with Crippen molar-refractivity contribution in [1.29, 1.82) is 0 Å². The van der Waals surface area contributed by atoms with Crippen LogP contribution in [0.3, 0.4) is 0 Å². The van der Waals surface area contributed by atoms with E-state index in [0.29, 0.717) is 17.0 Å². The lowest BCUT2D eigenvalue weighted by atomic mass is 10.1. The fourth-order valence-electron chi connectivity index (χ4n) is 2.12. The molecule has 0 aliphatic rings. The molecule has 0 aliphatic heterocycles. The highest BCUT2D eigenvalue weighted by Crippen LogP contribution is 2.36. The van der Waals surface area contributed by atoms with Crippen LogP contribution in [0.5, 0.6) is 0 Å². The summed E-state index contributed by atoms with van der Waals surface area (Å²) in [5.74, 6) is -0.515. The van der Waals surface area contributed by atoms with Crippen molar-refractivity contribution >= 4 is 23.2 Å². The molecule has 0 fully saturated rings. The quantitative estimate of drug-likeness (QED) is 0.905. The number of carbonyl (C=O) groups excluding carboxylic acids is 1. The molecule has 0 unspecified atom stereocenters. The third-order valence-corrected chi connectivity index (χ3v) is 3.60. The van der Waals surface area contributed by atoms with E-state index >= 15 is 0 Å². The van der Waals surface area contributed by atoms with Crippen LogP contribution in [-0.2, 0) is 13.2 Å². The van der Waals surface area contributed by atoms with Crippen LogP contribution in [0.2, 0.25) is 5.02 Å². The van der Waals surface area contributed by atoms with E-state index in [1.54, 1.807) is 20.9 Å². The topological polar surface area (TPSA) is 46.9 Å². The predicted molar refractivity (Wildman–Crippen MR) is 77.1 cm³/mol. The Kier molecular flexibility index (Phi) is 4.19. The molecular formula is C14H13ClF3N3O. The van der Waals surface area contributed by atoms with Crippen LogP contribution >= 0.6 is 11.6 Å². The van der Waals surface area contributed by atoms with Gasteiger partial charge in [0.15, 0.2) is 0 Å². The summed E-state index contributed by atoms with van der Waals surface area (Å²) in [7, 11) is 1.68. The second-order valence-electron chi connectivity index (χ2n) is 4.82. The lowest BCUT2D eigenvalue weighted by molar-refractivity contribution is -0.137. The lowest BCUT2D eigenvalue weighted by Crippen LogP contribution is -2.15. The van der Waals surface area contributed by atoms with Crippen molar-refractivity contribution in [3.05, 3.63) is 45.7 Å². The SMILES string of the molecule is Cc1nn(C)c(C)c1C(=O)Nc1ccc(Cl)c(C(F)(F)F)c1. The van der Waals surface area contributed by atoms with Crippen molar-refractivity contribution in [2.45, 2.75) is 20.0 Å². The lowest BCUT2D eigenvalue weighted by Gasteiger charge is -2.12. The van der Waals surface area contributed by atoms with Gasteiger partial charge in [-0.05, 0) is 32.0 Å². The molecule has 0 atom stereocenters. The van der Waals surface area contributed by atoms with Crippen molar-refractivity contribution in [1.82, 2.24) is 9.78 Å². The summed E-state index contributed by atoms with van der Waals surface area (Å²) in [6.07, 6.45) is -4.59. The molecule has 22 heavy (non-hydrogen) atoms. The Morgan fingerprint density at radius 2 is 1.95 bits per heavy atom. The van der Waals surface area contributed by atoms with E-state index < -0.39 is 22.7 Å². The summed E-state index contributed by atoms with van der Waals surface area (Å²) < 4.78 is 40.0. The van der Waals surface area contributed by atoms with Crippen LogP contribution in [0.4, 0.5) is 18.9 Å². The number of amides is 1. The molecule has 1 N–H and O–H groups in total. The molecule has 0 saturated heterocycles. The van der Waals surface area contributed by atoms with E-state index in [1.807, 2.05) is 0 Å². The van der Waals surface area contributed by atoms with Gasteiger partial charge in [-0.15, -0.1) is 0 Å². The van der Waals surface area contributed by atoms with E-state index in [9.17, 15) is 18.0 Å². The number of benzene rings is 1. The molecule has 0 aliphatic carbocycles. The van der Waals surface area contributed by atoms with Gasteiger partial charge in [-0.3, -0.25) is 9.48 Å². The summed E-state index contributed by atoms with van der Waals surface area (Å²) in [4.78, 5) is 12.2. The summed E-state index contributed by atoms with van der Waals surface area (Å²) >= 11 is 5.54. The molecule has 0 spiro atoms. The third-order valence-electron chi connectivity index (χ3n) is 3.27. The highest BCUT2D eigenvalue weighted by atomic mass is 35.5. The molecule has 1 heterocycles. The van der Waals surface area contributed by atoms with Crippen molar-refractivity contribution in [3.8, 4) is 0 Å². The molecule has 2 rings (SSSR count). The van der Waals surface area contributed by atoms with Crippen LogP contribution in [0.15, 0.2) is 18.2 Å². The molecule has 118 valence electrons. The molecule has 1 aromatic heterocycles. The van der Waals surface area contributed by atoms with Crippen molar-refractivity contribution < 1.29 is 18.0 Å². The second kappa shape index (κ2) is 5.64. The zero-order valence-electron chi connectivity index (χ0n) is 12.0. The van der Waals surface area contributed by atoms with Gasteiger partial charge < -0.3 is 5.32 Å². The molecule has 2 aromatic rings. The molecule has 0 radical (unpaired) electrons. The van der Waals surface area contributed by atoms with Gasteiger partial charge in [0.05, 0.1) is 21.8 Å². The van der Waals surface area contributed by atoms with Crippen LogP contribution in [-0.4, -0.2) is 15.7 Å². The Labute approximate surface area is 129 Å². The number of aryl methyl sites for hydroxylation is 2. The van der Waals surface area contributed by atoms with E-state index in [0.717, 1.165) is 12.1 Å². The smallest absolute Gasteiger partial charge is 0.322 e. The zero-order chi connectivity index (χ0) is 16.7. The Morgan fingerprint density at radius 1 is 1.32 bits per heavy atom. The Balaban J connectivity index is 2.33. The van der Waals surface area contributed by atoms with Gasteiger partial charge in [0.2, 0.25) is 0 Å². The monoisotopic (exact) mass is 331 g/mol. The maximum Gasteiger partial charge on any atom is 0.417 e. The van der Waals surface area contributed by atoms with Gasteiger partial charge in [0.1, 0.15) is 0 Å². The van der Waals surface area contributed by atoms with Gasteiger partial charge in [-0.2, -0.15) is 18.3 Å². The molecule has 0 bridgehead atoms. The number of halogens is 4. The minimum atomic E-state index is -4.59. The van der Waals surface area contributed by atoms with Crippen LogP contribution in [0.25, 0.3) is 0 Å². The van der Waals surface area contributed by atoms with Gasteiger partial charge >= 0.3 is 6.18 Å². The van der Waals surface area contributed by atoms with E-state index in [4.69, 9.17) is 11.6 Å². The number of hydrogen-bond donors (Lipinski definition) is 1. The highest BCUT2D eigenvalue weighted by molar-refractivity contribution is 6.31. The number of nitrogens with one attached hydrogen (secondary N) is 1. The highest BCUT2D eigenvalue weighted by Gasteiger charge is 2.33. The number of carbonyl (C=O) groups is 1. The molecule has 1 aromatic carbocycles. The Bertz CT molecular complexity index is 738.